The molecule has 2 aromatic carbocycles. The van der Waals surface area contributed by atoms with Gasteiger partial charge in [0.2, 0.25) is 5.91 Å². The molecule has 0 bridgehead atoms. The third kappa shape index (κ3) is 6.47. The highest BCUT2D eigenvalue weighted by Gasteiger charge is 2.26. The molecule has 0 radical (unpaired) electrons. The van der Waals surface area contributed by atoms with Gasteiger partial charge in [-0.3, -0.25) is 9.59 Å². The Morgan fingerprint density at radius 1 is 1.20 bits per heavy atom. The Bertz CT molecular complexity index is 912. The van der Waals surface area contributed by atoms with E-state index in [0.717, 1.165) is 15.6 Å². The smallest absolute Gasteiger partial charge is 0.261 e. The molecule has 30 heavy (non-hydrogen) atoms. The maximum absolute atomic E-state index is 13.0. The molecule has 0 saturated heterocycles. The van der Waals surface area contributed by atoms with Crippen molar-refractivity contribution < 1.29 is 14.3 Å². The molecular weight excluding hydrogens is 468 g/mol. The minimum Gasteiger partial charge on any atom is -0.483 e. The van der Waals surface area contributed by atoms with Crippen LogP contribution in [-0.2, 0) is 21.5 Å². The first-order chi connectivity index (χ1) is 14.0. The summed E-state index contributed by atoms with van der Waals surface area (Å²) in [6.45, 7) is 8.15. The Labute approximate surface area is 191 Å². The summed E-state index contributed by atoms with van der Waals surface area (Å²) in [5.41, 5.74) is 2.00. The third-order valence-electron chi connectivity index (χ3n) is 4.80. The highest BCUT2D eigenvalue weighted by Crippen LogP contribution is 2.31. The number of amides is 2. The number of carbonyl (C=O) groups is 2. The molecule has 0 aliphatic heterocycles. The Morgan fingerprint density at radius 2 is 1.90 bits per heavy atom. The summed E-state index contributed by atoms with van der Waals surface area (Å²) in [7, 11) is 1.55. The molecule has 7 heteroatoms. The summed E-state index contributed by atoms with van der Waals surface area (Å²) in [5, 5.41) is 3.17. The molecular formula is C23H28BrClN2O3. The lowest BCUT2D eigenvalue weighted by molar-refractivity contribution is -0.142. The van der Waals surface area contributed by atoms with Crippen LogP contribution in [0.5, 0.6) is 5.75 Å². The lowest BCUT2D eigenvalue weighted by atomic mass is 9.87. The third-order valence-corrected chi connectivity index (χ3v) is 5.66. The minimum absolute atomic E-state index is 0.00751. The van der Waals surface area contributed by atoms with Crippen molar-refractivity contribution in [2.75, 3.05) is 13.7 Å². The second-order valence-electron chi connectivity index (χ2n) is 8.13. The zero-order valence-corrected chi connectivity index (χ0v) is 20.3. The highest BCUT2D eigenvalue weighted by atomic mass is 79.9. The first-order valence-corrected chi connectivity index (χ1v) is 10.9. The maximum Gasteiger partial charge on any atom is 0.261 e. The van der Waals surface area contributed by atoms with Gasteiger partial charge in [-0.15, -0.1) is 0 Å². The summed E-state index contributed by atoms with van der Waals surface area (Å²) in [6, 6.07) is 12.4. The van der Waals surface area contributed by atoms with Crippen molar-refractivity contribution in [2.24, 2.45) is 0 Å². The molecule has 0 saturated carbocycles. The molecule has 0 unspecified atom stereocenters. The second kappa shape index (κ2) is 10.3. The number of carbonyl (C=O) groups excluding carboxylic acids is 2. The van der Waals surface area contributed by atoms with Gasteiger partial charge in [0.1, 0.15) is 11.8 Å². The van der Waals surface area contributed by atoms with E-state index in [4.69, 9.17) is 16.3 Å². The normalized spacial score (nSPS) is 12.2. The van der Waals surface area contributed by atoms with Crippen molar-refractivity contribution in [2.45, 2.75) is 45.7 Å². The van der Waals surface area contributed by atoms with E-state index in [1.54, 1.807) is 26.1 Å². The number of halogens is 2. The molecule has 1 N–H and O–H groups in total. The Morgan fingerprint density at radius 3 is 2.47 bits per heavy atom. The fourth-order valence-electron chi connectivity index (χ4n) is 2.93. The van der Waals surface area contributed by atoms with Crippen LogP contribution in [0.2, 0.25) is 5.02 Å². The van der Waals surface area contributed by atoms with E-state index in [0.29, 0.717) is 10.8 Å². The topological polar surface area (TPSA) is 58.6 Å². The molecule has 162 valence electrons. The van der Waals surface area contributed by atoms with E-state index in [-0.39, 0.29) is 30.4 Å². The average molecular weight is 496 g/mol. The predicted octanol–water partition coefficient (Wildman–Crippen LogP) is 4.94. The van der Waals surface area contributed by atoms with Gasteiger partial charge in [-0.1, -0.05) is 50.6 Å². The van der Waals surface area contributed by atoms with Crippen LogP contribution in [0.15, 0.2) is 46.9 Å². The Hall–Kier alpha value is -2.05. The molecule has 2 amide bonds. The molecule has 1 atom stereocenters. The van der Waals surface area contributed by atoms with Gasteiger partial charge in [0.15, 0.2) is 6.61 Å². The van der Waals surface area contributed by atoms with Crippen molar-refractivity contribution in [1.82, 2.24) is 10.2 Å². The highest BCUT2D eigenvalue weighted by molar-refractivity contribution is 9.10. The molecule has 0 aromatic heterocycles. The van der Waals surface area contributed by atoms with Crippen LogP contribution in [0.3, 0.4) is 0 Å². The number of benzene rings is 2. The van der Waals surface area contributed by atoms with Gasteiger partial charge in [0.05, 0.1) is 4.47 Å². The number of rotatable bonds is 7. The molecule has 0 heterocycles. The molecule has 0 aliphatic rings. The van der Waals surface area contributed by atoms with Gasteiger partial charge >= 0.3 is 0 Å². The Kier molecular flexibility index (Phi) is 8.33. The van der Waals surface area contributed by atoms with Crippen LogP contribution >= 0.6 is 27.5 Å². The van der Waals surface area contributed by atoms with Gasteiger partial charge in [-0.05, 0) is 63.7 Å². The fourth-order valence-corrected chi connectivity index (χ4v) is 3.64. The van der Waals surface area contributed by atoms with Crippen LogP contribution in [-0.4, -0.2) is 36.4 Å². The van der Waals surface area contributed by atoms with Gasteiger partial charge < -0.3 is 15.0 Å². The predicted molar refractivity (Wildman–Crippen MR) is 124 cm³/mol. The van der Waals surface area contributed by atoms with Gasteiger partial charge in [-0.25, -0.2) is 0 Å². The molecule has 2 aromatic rings. The van der Waals surface area contributed by atoms with Crippen molar-refractivity contribution in [3.63, 3.8) is 0 Å². The largest absolute Gasteiger partial charge is 0.483 e. The van der Waals surface area contributed by atoms with Gasteiger partial charge in [0, 0.05) is 18.6 Å². The van der Waals surface area contributed by atoms with Crippen molar-refractivity contribution >= 4 is 39.3 Å². The molecule has 0 spiro atoms. The van der Waals surface area contributed by atoms with Crippen molar-refractivity contribution in [3.05, 3.63) is 63.1 Å². The molecule has 2 rings (SSSR count). The summed E-state index contributed by atoms with van der Waals surface area (Å²) in [4.78, 5) is 26.7. The molecule has 0 aliphatic carbocycles. The zero-order valence-electron chi connectivity index (χ0n) is 18.0. The average Bonchev–Trinajstić information content (AvgIpc) is 2.69. The van der Waals surface area contributed by atoms with Crippen LogP contribution < -0.4 is 10.1 Å². The van der Waals surface area contributed by atoms with Crippen molar-refractivity contribution in [3.8, 4) is 5.75 Å². The number of hydrogen-bond acceptors (Lipinski definition) is 3. The van der Waals surface area contributed by atoms with Crippen molar-refractivity contribution in [1.29, 1.82) is 0 Å². The first-order valence-electron chi connectivity index (χ1n) is 9.71. The lowest BCUT2D eigenvalue weighted by Crippen LogP contribution is -2.48. The first kappa shape index (κ1) is 24.2. The van der Waals surface area contributed by atoms with E-state index in [9.17, 15) is 9.59 Å². The van der Waals surface area contributed by atoms with Gasteiger partial charge in [0.25, 0.3) is 5.91 Å². The number of hydrogen-bond donors (Lipinski definition) is 1. The molecule has 0 fully saturated rings. The van der Waals surface area contributed by atoms with Crippen LogP contribution in [0.25, 0.3) is 0 Å². The van der Waals surface area contributed by atoms with Crippen LogP contribution in [0, 0.1) is 0 Å². The number of nitrogens with zero attached hydrogens (tertiary/aromatic N) is 1. The minimum atomic E-state index is -0.656. The summed E-state index contributed by atoms with van der Waals surface area (Å²) in [5.74, 6) is 0.0330. The molecule has 5 nitrogen and oxygen atoms in total. The quantitative estimate of drug-likeness (QED) is 0.592. The number of ether oxygens (including phenoxy) is 1. The fraction of sp³-hybridized carbons (Fsp3) is 0.391. The van der Waals surface area contributed by atoms with E-state index < -0.39 is 6.04 Å². The van der Waals surface area contributed by atoms with Crippen LogP contribution in [0.1, 0.15) is 38.8 Å². The van der Waals surface area contributed by atoms with E-state index in [1.807, 2.05) is 30.3 Å². The van der Waals surface area contributed by atoms with E-state index in [2.05, 4.69) is 42.0 Å². The zero-order chi connectivity index (χ0) is 22.5. The summed E-state index contributed by atoms with van der Waals surface area (Å²) in [6.07, 6.45) is 0. The lowest BCUT2D eigenvalue weighted by Gasteiger charge is -2.28. The monoisotopic (exact) mass is 494 g/mol. The summed E-state index contributed by atoms with van der Waals surface area (Å²) >= 11 is 9.59. The number of nitrogens with one attached hydrogen (secondary N) is 1. The van der Waals surface area contributed by atoms with Gasteiger partial charge in [-0.2, -0.15) is 0 Å². The van der Waals surface area contributed by atoms with Crippen LogP contribution in [0.4, 0.5) is 0 Å². The second-order valence-corrected chi connectivity index (χ2v) is 9.42. The number of likely N-dealkylation sites (N-methyl/N-ethyl adjacent to an activating group) is 1. The SMILES string of the molecule is CNC(=O)[C@H](C)N(Cc1cccc(Cl)c1)C(=O)COc1ccc(C(C)(C)C)cc1Br. The summed E-state index contributed by atoms with van der Waals surface area (Å²) < 4.78 is 6.56. The van der Waals surface area contributed by atoms with E-state index >= 15 is 0 Å². The Balaban J connectivity index is 2.17. The van der Waals surface area contributed by atoms with E-state index in [1.165, 1.54) is 4.90 Å². The standard InChI is InChI=1S/C23H28BrClN2O3/c1-15(22(29)26-5)27(13-16-7-6-8-18(25)11-16)21(28)14-30-20-10-9-17(12-19(20)24)23(2,3)4/h6-12,15H,13-14H2,1-5H3,(H,26,29)/t15-/m0/s1. The maximum atomic E-state index is 13.0.